The smallest absolute Gasteiger partial charge is 0.243 e. The number of rotatable bonds is 8. The van der Waals surface area contributed by atoms with E-state index in [1.165, 1.54) is 10.4 Å². The number of hydrogen-bond acceptors (Lipinski definition) is 3. The summed E-state index contributed by atoms with van der Waals surface area (Å²) < 4.78 is 0. The van der Waals surface area contributed by atoms with Gasteiger partial charge in [-0.05, 0) is 48.8 Å². The van der Waals surface area contributed by atoms with Crippen LogP contribution in [0.25, 0.3) is 0 Å². The van der Waals surface area contributed by atoms with Gasteiger partial charge in [-0.2, -0.15) is 0 Å². The van der Waals surface area contributed by atoms with Crippen LogP contribution in [-0.4, -0.2) is 40.7 Å². The predicted molar refractivity (Wildman–Crippen MR) is 119 cm³/mol. The van der Waals surface area contributed by atoms with Crippen LogP contribution in [0, 0.1) is 0 Å². The average Bonchev–Trinajstić information content (AvgIpc) is 3.23. The first-order valence-electron chi connectivity index (χ1n) is 10.8. The normalized spacial score (nSPS) is 16.9. The highest BCUT2D eigenvalue weighted by Crippen LogP contribution is 2.37. The van der Waals surface area contributed by atoms with Gasteiger partial charge in [0.15, 0.2) is 0 Å². The highest BCUT2D eigenvalue weighted by atomic mass is 32.1. The first-order chi connectivity index (χ1) is 14.1. The molecule has 0 aliphatic carbocycles. The van der Waals surface area contributed by atoms with Crippen LogP contribution >= 0.6 is 11.3 Å². The molecule has 1 aromatic carbocycles. The molecule has 0 radical (unpaired) electrons. The van der Waals surface area contributed by atoms with Crippen LogP contribution in [0.2, 0.25) is 0 Å². The van der Waals surface area contributed by atoms with Crippen LogP contribution in [0.5, 0.6) is 0 Å². The van der Waals surface area contributed by atoms with Gasteiger partial charge < -0.3 is 9.80 Å². The lowest BCUT2D eigenvalue weighted by Gasteiger charge is -2.38. The van der Waals surface area contributed by atoms with Crippen molar-refractivity contribution in [2.75, 3.05) is 13.1 Å². The molecule has 2 aromatic rings. The number of amides is 2. The SMILES string of the molecule is CCCCC(=O)N(CC(=O)N1CCc2sccc2[C@H]1c1ccccc1)[C@@H](C)CC. The Labute approximate surface area is 178 Å². The number of hydrogen-bond donors (Lipinski definition) is 0. The number of benzene rings is 1. The fraction of sp³-hybridized carbons (Fsp3) is 0.500. The molecule has 0 spiro atoms. The van der Waals surface area contributed by atoms with E-state index in [0.29, 0.717) is 13.0 Å². The van der Waals surface area contributed by atoms with Gasteiger partial charge in [-0.15, -0.1) is 11.3 Å². The summed E-state index contributed by atoms with van der Waals surface area (Å²) in [5.74, 6) is 0.139. The van der Waals surface area contributed by atoms with Crippen molar-refractivity contribution in [3.05, 3.63) is 57.8 Å². The van der Waals surface area contributed by atoms with Crippen molar-refractivity contribution in [3.8, 4) is 0 Å². The van der Waals surface area contributed by atoms with Gasteiger partial charge in [0.25, 0.3) is 0 Å². The van der Waals surface area contributed by atoms with Crippen LogP contribution in [0.4, 0.5) is 0 Å². The number of carbonyl (C=O) groups is 2. The van der Waals surface area contributed by atoms with Crippen molar-refractivity contribution in [3.63, 3.8) is 0 Å². The molecule has 1 aliphatic rings. The Kier molecular flexibility index (Phi) is 7.48. The van der Waals surface area contributed by atoms with E-state index in [0.717, 1.165) is 31.2 Å². The second-order valence-electron chi connectivity index (χ2n) is 7.83. The van der Waals surface area contributed by atoms with Crippen molar-refractivity contribution in [2.45, 2.75) is 65.0 Å². The summed E-state index contributed by atoms with van der Waals surface area (Å²) in [6, 6.07) is 12.4. The highest BCUT2D eigenvalue weighted by molar-refractivity contribution is 7.10. The molecule has 0 saturated heterocycles. The Morgan fingerprint density at radius 2 is 1.97 bits per heavy atom. The molecule has 5 heteroatoms. The number of nitrogens with zero attached hydrogens (tertiary/aromatic N) is 2. The summed E-state index contributed by atoms with van der Waals surface area (Å²) in [5, 5.41) is 2.12. The monoisotopic (exact) mass is 412 g/mol. The van der Waals surface area contributed by atoms with Crippen molar-refractivity contribution in [2.24, 2.45) is 0 Å². The van der Waals surface area contributed by atoms with Gasteiger partial charge in [-0.25, -0.2) is 0 Å². The summed E-state index contributed by atoms with van der Waals surface area (Å²) in [4.78, 5) is 31.4. The maximum atomic E-state index is 13.5. The Bertz CT molecular complexity index is 817. The molecule has 2 amide bonds. The van der Waals surface area contributed by atoms with E-state index in [9.17, 15) is 9.59 Å². The number of unbranched alkanes of at least 4 members (excludes halogenated alkanes) is 1. The predicted octanol–water partition coefficient (Wildman–Crippen LogP) is 5.04. The zero-order valence-corrected chi connectivity index (χ0v) is 18.6. The molecule has 0 fully saturated rings. The van der Waals surface area contributed by atoms with Gasteiger partial charge in [0.2, 0.25) is 11.8 Å². The molecule has 156 valence electrons. The highest BCUT2D eigenvalue weighted by Gasteiger charge is 2.34. The molecular formula is C24H32N2O2S. The second kappa shape index (κ2) is 10.1. The van der Waals surface area contributed by atoms with Crippen molar-refractivity contribution >= 4 is 23.2 Å². The molecule has 0 bridgehead atoms. The van der Waals surface area contributed by atoms with E-state index in [-0.39, 0.29) is 30.4 Å². The molecular weight excluding hydrogens is 380 g/mol. The quantitative estimate of drug-likeness (QED) is 0.609. The molecule has 29 heavy (non-hydrogen) atoms. The first-order valence-corrected chi connectivity index (χ1v) is 11.6. The lowest BCUT2D eigenvalue weighted by molar-refractivity contribution is -0.143. The Morgan fingerprint density at radius 3 is 2.66 bits per heavy atom. The van der Waals surface area contributed by atoms with Gasteiger partial charge in [0.1, 0.15) is 6.54 Å². The summed E-state index contributed by atoms with van der Waals surface area (Å²) in [6.45, 7) is 7.06. The molecule has 2 heterocycles. The molecule has 3 rings (SSSR count). The number of fused-ring (bicyclic) bond motifs is 1. The summed E-state index contributed by atoms with van der Waals surface area (Å²) in [7, 11) is 0. The third-order valence-electron chi connectivity index (χ3n) is 5.89. The molecule has 1 aliphatic heterocycles. The molecule has 2 atom stereocenters. The average molecular weight is 413 g/mol. The van der Waals surface area contributed by atoms with E-state index in [1.807, 2.05) is 30.0 Å². The van der Waals surface area contributed by atoms with Crippen molar-refractivity contribution in [1.29, 1.82) is 0 Å². The largest absolute Gasteiger partial charge is 0.331 e. The Hall–Kier alpha value is -2.14. The molecule has 0 N–H and O–H groups in total. The fourth-order valence-corrected chi connectivity index (χ4v) is 4.90. The second-order valence-corrected chi connectivity index (χ2v) is 8.83. The van der Waals surface area contributed by atoms with Crippen molar-refractivity contribution in [1.82, 2.24) is 9.80 Å². The van der Waals surface area contributed by atoms with Gasteiger partial charge >= 0.3 is 0 Å². The minimum Gasteiger partial charge on any atom is -0.331 e. The van der Waals surface area contributed by atoms with E-state index in [4.69, 9.17) is 0 Å². The Balaban J connectivity index is 1.85. The lowest BCUT2D eigenvalue weighted by Crippen LogP contribution is -2.49. The van der Waals surface area contributed by atoms with Crippen LogP contribution in [0.1, 0.15) is 68.5 Å². The van der Waals surface area contributed by atoms with E-state index in [1.54, 1.807) is 16.2 Å². The summed E-state index contributed by atoms with van der Waals surface area (Å²) in [6.07, 6.45) is 4.10. The van der Waals surface area contributed by atoms with Crippen LogP contribution < -0.4 is 0 Å². The van der Waals surface area contributed by atoms with Crippen LogP contribution in [-0.2, 0) is 16.0 Å². The van der Waals surface area contributed by atoms with E-state index >= 15 is 0 Å². The van der Waals surface area contributed by atoms with E-state index < -0.39 is 0 Å². The molecule has 0 saturated carbocycles. The van der Waals surface area contributed by atoms with Gasteiger partial charge in [-0.1, -0.05) is 50.6 Å². The zero-order chi connectivity index (χ0) is 20.8. The van der Waals surface area contributed by atoms with E-state index in [2.05, 4.69) is 37.4 Å². The summed E-state index contributed by atoms with van der Waals surface area (Å²) in [5.41, 5.74) is 2.36. The van der Waals surface area contributed by atoms with Gasteiger partial charge in [-0.3, -0.25) is 9.59 Å². The van der Waals surface area contributed by atoms with Crippen molar-refractivity contribution < 1.29 is 9.59 Å². The zero-order valence-electron chi connectivity index (χ0n) is 17.8. The standard InChI is InChI=1S/C24H32N2O2S/c1-4-6-12-22(27)26(18(3)5-2)17-23(28)25-15-13-21-20(14-16-29-21)24(25)19-10-8-7-9-11-19/h7-11,14,16,18,24H,4-6,12-13,15,17H2,1-3H3/t18-,24+/m0/s1. The maximum absolute atomic E-state index is 13.5. The number of thiophene rings is 1. The minimum atomic E-state index is -0.0665. The molecule has 0 unspecified atom stereocenters. The van der Waals surface area contributed by atoms with Gasteiger partial charge in [0, 0.05) is 23.9 Å². The van der Waals surface area contributed by atoms with Gasteiger partial charge in [0.05, 0.1) is 6.04 Å². The molecule has 1 aromatic heterocycles. The fourth-order valence-electron chi connectivity index (χ4n) is 4.00. The van der Waals surface area contributed by atoms with Crippen LogP contribution in [0.3, 0.4) is 0 Å². The van der Waals surface area contributed by atoms with Crippen LogP contribution in [0.15, 0.2) is 41.8 Å². The number of carbonyl (C=O) groups excluding carboxylic acids is 2. The minimum absolute atomic E-state index is 0.0425. The Morgan fingerprint density at radius 1 is 1.21 bits per heavy atom. The third-order valence-corrected chi connectivity index (χ3v) is 6.89. The molecule has 4 nitrogen and oxygen atoms in total. The maximum Gasteiger partial charge on any atom is 0.243 e. The summed E-state index contributed by atoms with van der Waals surface area (Å²) >= 11 is 1.77. The topological polar surface area (TPSA) is 40.6 Å². The first kappa shape index (κ1) is 21.6. The third kappa shape index (κ3) is 4.89. The lowest BCUT2D eigenvalue weighted by atomic mass is 9.93.